The fourth-order valence-corrected chi connectivity index (χ4v) is 2.22. The maximum Gasteiger partial charge on any atom is 0.335 e. The highest BCUT2D eigenvalue weighted by atomic mass is 32.2. The Balaban J connectivity index is 2.41. The molecule has 0 bridgehead atoms. The molecule has 1 unspecified atom stereocenters. The van der Waals surface area contributed by atoms with E-state index < -0.39 is 5.97 Å². The largest absolute Gasteiger partial charge is 0.478 e. The Morgan fingerprint density at radius 1 is 1.53 bits per heavy atom. The van der Waals surface area contributed by atoms with Crippen molar-refractivity contribution in [2.45, 2.75) is 17.9 Å². The zero-order chi connectivity index (χ0) is 11.0. The third kappa shape index (κ3) is 1.83. The highest BCUT2D eigenvalue weighted by Crippen LogP contribution is 2.34. The van der Waals surface area contributed by atoms with Crippen molar-refractivity contribution >= 4 is 28.5 Å². The van der Waals surface area contributed by atoms with Gasteiger partial charge in [0.2, 0.25) is 5.12 Å². The van der Waals surface area contributed by atoms with Gasteiger partial charge in [0.25, 0.3) is 0 Å². The summed E-state index contributed by atoms with van der Waals surface area (Å²) in [5, 5.41) is 11.8. The molecule has 15 heavy (non-hydrogen) atoms. The van der Waals surface area contributed by atoms with E-state index >= 15 is 0 Å². The molecule has 1 atom stereocenters. The number of anilines is 1. The first kappa shape index (κ1) is 10.0. The first-order valence-corrected chi connectivity index (χ1v) is 5.25. The average Bonchev–Trinajstić information content (AvgIpc) is 2.19. The Labute approximate surface area is 90.7 Å². The molecule has 0 saturated heterocycles. The number of carbonyl (C=O) groups excluding carboxylic acids is 1. The van der Waals surface area contributed by atoms with Gasteiger partial charge in [0.1, 0.15) is 0 Å². The van der Waals surface area contributed by atoms with E-state index in [2.05, 4.69) is 5.32 Å². The van der Waals surface area contributed by atoms with Gasteiger partial charge in [-0.05, 0) is 36.9 Å². The first-order chi connectivity index (χ1) is 7.08. The lowest BCUT2D eigenvalue weighted by atomic mass is 10.2. The van der Waals surface area contributed by atoms with Crippen molar-refractivity contribution in [3.8, 4) is 0 Å². The summed E-state index contributed by atoms with van der Waals surface area (Å²) < 4.78 is 0. The molecule has 78 valence electrons. The number of thioether (sulfide) groups is 1. The van der Waals surface area contributed by atoms with E-state index in [0.29, 0.717) is 4.90 Å². The Kier molecular flexibility index (Phi) is 2.40. The third-order valence-electron chi connectivity index (χ3n) is 2.16. The number of hydrogen-bond donors (Lipinski definition) is 2. The van der Waals surface area contributed by atoms with E-state index in [1.54, 1.807) is 13.0 Å². The van der Waals surface area contributed by atoms with Crippen molar-refractivity contribution < 1.29 is 14.7 Å². The molecule has 1 heterocycles. The van der Waals surface area contributed by atoms with Crippen molar-refractivity contribution in [1.29, 1.82) is 0 Å². The fraction of sp³-hybridized carbons (Fsp3) is 0.200. The van der Waals surface area contributed by atoms with Crippen LogP contribution in [0.4, 0.5) is 5.69 Å². The Hall–Kier alpha value is -1.49. The van der Waals surface area contributed by atoms with Gasteiger partial charge in [-0.3, -0.25) is 4.79 Å². The van der Waals surface area contributed by atoms with Crippen LogP contribution < -0.4 is 5.32 Å². The van der Waals surface area contributed by atoms with Gasteiger partial charge in [-0.25, -0.2) is 4.79 Å². The first-order valence-electron chi connectivity index (χ1n) is 4.43. The highest BCUT2D eigenvalue weighted by Gasteiger charge is 2.23. The summed E-state index contributed by atoms with van der Waals surface area (Å²) in [6.45, 7) is 1.78. The molecular formula is C10H9NO3S. The van der Waals surface area contributed by atoms with Crippen molar-refractivity contribution in [1.82, 2.24) is 0 Å². The van der Waals surface area contributed by atoms with Crippen LogP contribution >= 0.6 is 11.8 Å². The standard InChI is InChI=1S/C10H9NO3S/c1-5-10(14)15-8-4-6(9(12)13)2-3-7(8)11-5/h2-5,11H,1H3,(H,12,13). The average molecular weight is 223 g/mol. The lowest BCUT2D eigenvalue weighted by molar-refractivity contribution is -0.111. The fourth-order valence-electron chi connectivity index (χ4n) is 1.35. The number of hydrogen-bond acceptors (Lipinski definition) is 4. The molecule has 0 spiro atoms. The second-order valence-electron chi connectivity index (χ2n) is 3.30. The van der Waals surface area contributed by atoms with Crippen molar-refractivity contribution in [2.24, 2.45) is 0 Å². The molecule has 0 amide bonds. The van der Waals surface area contributed by atoms with Crippen molar-refractivity contribution in [3.63, 3.8) is 0 Å². The number of aromatic carboxylic acids is 1. The smallest absolute Gasteiger partial charge is 0.335 e. The van der Waals surface area contributed by atoms with E-state index in [-0.39, 0.29) is 16.7 Å². The summed E-state index contributed by atoms with van der Waals surface area (Å²) in [6.07, 6.45) is 0. The highest BCUT2D eigenvalue weighted by molar-refractivity contribution is 8.14. The molecular weight excluding hydrogens is 214 g/mol. The summed E-state index contributed by atoms with van der Waals surface area (Å²) in [7, 11) is 0. The van der Waals surface area contributed by atoms with Gasteiger partial charge in [-0.2, -0.15) is 0 Å². The van der Waals surface area contributed by atoms with E-state index in [4.69, 9.17) is 5.11 Å². The topological polar surface area (TPSA) is 66.4 Å². The molecule has 0 aromatic heterocycles. The van der Waals surface area contributed by atoms with Gasteiger partial charge in [-0.1, -0.05) is 0 Å². The van der Waals surface area contributed by atoms with Gasteiger partial charge in [0.05, 0.1) is 11.6 Å². The summed E-state index contributed by atoms with van der Waals surface area (Å²) in [5.74, 6) is -0.982. The van der Waals surface area contributed by atoms with Crippen molar-refractivity contribution in [3.05, 3.63) is 23.8 Å². The van der Waals surface area contributed by atoms with E-state index in [0.717, 1.165) is 17.4 Å². The second-order valence-corrected chi connectivity index (χ2v) is 4.35. The van der Waals surface area contributed by atoms with Crippen LogP contribution in [0.25, 0.3) is 0 Å². The van der Waals surface area contributed by atoms with Crippen LogP contribution in [-0.4, -0.2) is 22.2 Å². The van der Waals surface area contributed by atoms with Crippen LogP contribution in [0, 0.1) is 0 Å². The quantitative estimate of drug-likeness (QED) is 0.760. The Bertz CT molecular complexity index is 444. The summed E-state index contributed by atoms with van der Waals surface area (Å²) in [6, 6.07) is 4.50. The molecule has 0 saturated carbocycles. The van der Waals surface area contributed by atoms with Crippen LogP contribution in [0.15, 0.2) is 23.1 Å². The zero-order valence-corrected chi connectivity index (χ0v) is 8.80. The van der Waals surface area contributed by atoms with E-state index in [1.165, 1.54) is 12.1 Å². The summed E-state index contributed by atoms with van der Waals surface area (Å²) in [4.78, 5) is 22.8. The van der Waals surface area contributed by atoms with Crippen LogP contribution in [0.1, 0.15) is 17.3 Å². The minimum atomic E-state index is -0.982. The maximum atomic E-state index is 11.4. The molecule has 0 fully saturated rings. The molecule has 1 aliphatic rings. The Morgan fingerprint density at radius 2 is 2.27 bits per heavy atom. The second kappa shape index (κ2) is 3.58. The lowest BCUT2D eigenvalue weighted by Gasteiger charge is -2.22. The van der Waals surface area contributed by atoms with Crippen LogP contribution in [0.5, 0.6) is 0 Å². The number of benzene rings is 1. The molecule has 2 N–H and O–H groups in total. The normalized spacial score (nSPS) is 19.3. The third-order valence-corrected chi connectivity index (χ3v) is 3.28. The molecule has 4 nitrogen and oxygen atoms in total. The van der Waals surface area contributed by atoms with E-state index in [1.807, 2.05) is 0 Å². The molecule has 0 aliphatic carbocycles. The zero-order valence-electron chi connectivity index (χ0n) is 7.98. The number of carbonyl (C=O) groups is 2. The minimum absolute atomic E-state index is 0.00467. The number of fused-ring (bicyclic) bond motifs is 1. The van der Waals surface area contributed by atoms with Crippen LogP contribution in [0.3, 0.4) is 0 Å². The molecule has 0 radical (unpaired) electrons. The van der Waals surface area contributed by atoms with Crippen molar-refractivity contribution in [2.75, 3.05) is 5.32 Å². The molecule has 2 rings (SSSR count). The van der Waals surface area contributed by atoms with Crippen LogP contribution in [0.2, 0.25) is 0 Å². The number of nitrogens with one attached hydrogen (secondary N) is 1. The number of rotatable bonds is 1. The minimum Gasteiger partial charge on any atom is -0.478 e. The summed E-state index contributed by atoms with van der Waals surface area (Å²) >= 11 is 1.09. The Morgan fingerprint density at radius 3 is 2.93 bits per heavy atom. The predicted octanol–water partition coefficient (Wildman–Crippen LogP) is 1.82. The molecule has 5 heteroatoms. The van der Waals surface area contributed by atoms with Gasteiger partial charge in [0.15, 0.2) is 0 Å². The lowest BCUT2D eigenvalue weighted by Crippen LogP contribution is -2.27. The summed E-state index contributed by atoms with van der Waals surface area (Å²) in [5.41, 5.74) is 1.02. The molecule has 1 aromatic carbocycles. The number of carboxylic acids is 1. The SMILES string of the molecule is CC1Nc2ccc(C(=O)O)cc2SC1=O. The van der Waals surface area contributed by atoms with Gasteiger partial charge < -0.3 is 10.4 Å². The molecule has 1 aliphatic heterocycles. The molecule has 1 aromatic rings. The maximum absolute atomic E-state index is 11.4. The van der Waals surface area contributed by atoms with Gasteiger partial charge >= 0.3 is 5.97 Å². The van der Waals surface area contributed by atoms with E-state index in [9.17, 15) is 9.59 Å². The number of carboxylic acid groups (broad SMARTS) is 1. The predicted molar refractivity (Wildman–Crippen MR) is 57.4 cm³/mol. The monoisotopic (exact) mass is 223 g/mol. The van der Waals surface area contributed by atoms with Gasteiger partial charge in [-0.15, -0.1) is 0 Å². The van der Waals surface area contributed by atoms with Crippen LogP contribution in [-0.2, 0) is 4.79 Å². The van der Waals surface area contributed by atoms with Gasteiger partial charge in [0, 0.05) is 10.6 Å².